The summed E-state index contributed by atoms with van der Waals surface area (Å²) in [7, 11) is 1.66. The molecule has 2 aromatic carbocycles. The molecule has 0 spiro atoms. The highest BCUT2D eigenvalue weighted by Crippen LogP contribution is 2.37. The Labute approximate surface area is 167 Å². The number of fused-ring (bicyclic) bond motifs is 1. The predicted molar refractivity (Wildman–Crippen MR) is 103 cm³/mol. The van der Waals surface area contributed by atoms with Crippen LogP contribution in [-0.2, 0) is 4.79 Å². The van der Waals surface area contributed by atoms with Crippen molar-refractivity contribution < 1.29 is 23.0 Å². The van der Waals surface area contributed by atoms with Gasteiger partial charge in [-0.3, -0.25) is 9.69 Å². The smallest absolute Gasteiger partial charge is 0.238 e. The molecule has 8 heteroatoms. The SMILES string of the molecule is CC(c1cc(F)ccc1F)N(C)CC(=O)Nc1cc2c(cc1Cl)OCCCO2. The van der Waals surface area contributed by atoms with Crippen LogP contribution in [0.15, 0.2) is 30.3 Å². The molecule has 0 aliphatic carbocycles. The number of ether oxygens (including phenoxy) is 2. The van der Waals surface area contributed by atoms with Crippen LogP contribution in [0.25, 0.3) is 0 Å². The molecule has 150 valence electrons. The van der Waals surface area contributed by atoms with Gasteiger partial charge in [-0.2, -0.15) is 0 Å². The van der Waals surface area contributed by atoms with Gasteiger partial charge in [-0.15, -0.1) is 0 Å². The van der Waals surface area contributed by atoms with Crippen LogP contribution in [0.2, 0.25) is 5.02 Å². The Balaban J connectivity index is 1.68. The fourth-order valence-electron chi connectivity index (χ4n) is 2.91. The molecule has 5 nitrogen and oxygen atoms in total. The first-order valence-corrected chi connectivity index (χ1v) is 9.27. The van der Waals surface area contributed by atoms with Crippen molar-refractivity contribution in [2.75, 3.05) is 32.1 Å². The Bertz CT molecular complexity index is 879. The van der Waals surface area contributed by atoms with Crippen LogP contribution >= 0.6 is 11.6 Å². The molecule has 1 unspecified atom stereocenters. The number of likely N-dealkylation sites (N-methyl/N-ethyl adjacent to an activating group) is 1. The number of anilines is 1. The third kappa shape index (κ3) is 4.72. The number of rotatable bonds is 5. The number of carbonyl (C=O) groups excluding carboxylic acids is 1. The Morgan fingerprint density at radius 3 is 2.61 bits per heavy atom. The highest BCUT2D eigenvalue weighted by Gasteiger charge is 2.20. The lowest BCUT2D eigenvalue weighted by Gasteiger charge is -2.25. The number of hydrogen-bond donors (Lipinski definition) is 1. The lowest BCUT2D eigenvalue weighted by molar-refractivity contribution is -0.117. The number of nitrogens with zero attached hydrogens (tertiary/aromatic N) is 1. The Morgan fingerprint density at radius 2 is 1.89 bits per heavy atom. The molecule has 1 aliphatic rings. The summed E-state index contributed by atoms with van der Waals surface area (Å²) >= 11 is 6.24. The van der Waals surface area contributed by atoms with E-state index in [2.05, 4.69) is 5.32 Å². The van der Waals surface area contributed by atoms with E-state index in [4.69, 9.17) is 21.1 Å². The number of amides is 1. The van der Waals surface area contributed by atoms with Crippen LogP contribution in [0.5, 0.6) is 11.5 Å². The van der Waals surface area contributed by atoms with E-state index in [1.54, 1.807) is 31.0 Å². The van der Waals surface area contributed by atoms with Crippen molar-refractivity contribution in [3.63, 3.8) is 0 Å². The van der Waals surface area contributed by atoms with Crippen molar-refractivity contribution in [2.24, 2.45) is 0 Å². The Morgan fingerprint density at radius 1 is 1.21 bits per heavy atom. The number of benzene rings is 2. The largest absolute Gasteiger partial charge is 0.490 e. The molecule has 2 aromatic rings. The summed E-state index contributed by atoms with van der Waals surface area (Å²) in [4.78, 5) is 14.1. The zero-order valence-corrected chi connectivity index (χ0v) is 16.4. The van der Waals surface area contributed by atoms with E-state index in [0.717, 1.165) is 24.6 Å². The highest BCUT2D eigenvalue weighted by molar-refractivity contribution is 6.34. The molecule has 0 aromatic heterocycles. The molecule has 0 fully saturated rings. The lowest BCUT2D eigenvalue weighted by Crippen LogP contribution is -2.32. The molecule has 1 amide bonds. The second-order valence-corrected chi connectivity index (χ2v) is 7.04. The van der Waals surface area contributed by atoms with Gasteiger partial charge < -0.3 is 14.8 Å². The summed E-state index contributed by atoms with van der Waals surface area (Å²) in [5.41, 5.74) is 0.581. The molecular formula is C20H21ClF2N2O3. The number of halogens is 3. The summed E-state index contributed by atoms with van der Waals surface area (Å²) < 4.78 is 38.6. The van der Waals surface area contributed by atoms with Gasteiger partial charge in [0.15, 0.2) is 11.5 Å². The van der Waals surface area contributed by atoms with E-state index in [9.17, 15) is 13.6 Å². The van der Waals surface area contributed by atoms with Gasteiger partial charge in [-0.25, -0.2) is 8.78 Å². The zero-order chi connectivity index (χ0) is 20.3. The highest BCUT2D eigenvalue weighted by atomic mass is 35.5. The van der Waals surface area contributed by atoms with Crippen molar-refractivity contribution in [3.8, 4) is 11.5 Å². The van der Waals surface area contributed by atoms with Gasteiger partial charge in [0, 0.05) is 30.2 Å². The van der Waals surface area contributed by atoms with Gasteiger partial charge in [0.2, 0.25) is 5.91 Å². The molecule has 1 heterocycles. The third-order valence-electron chi connectivity index (χ3n) is 4.57. The normalized spacial score (nSPS) is 14.5. The summed E-state index contributed by atoms with van der Waals surface area (Å²) in [6.45, 7) is 2.71. The Kier molecular flexibility index (Phi) is 6.36. The van der Waals surface area contributed by atoms with E-state index >= 15 is 0 Å². The second kappa shape index (κ2) is 8.75. The minimum atomic E-state index is -0.528. The monoisotopic (exact) mass is 410 g/mol. The number of carbonyl (C=O) groups is 1. The van der Waals surface area contributed by atoms with Gasteiger partial charge >= 0.3 is 0 Å². The van der Waals surface area contributed by atoms with Gasteiger partial charge in [0.25, 0.3) is 0 Å². The molecule has 0 radical (unpaired) electrons. The third-order valence-corrected chi connectivity index (χ3v) is 4.89. The summed E-state index contributed by atoms with van der Waals surface area (Å²) in [5, 5.41) is 3.05. The van der Waals surface area contributed by atoms with Crippen LogP contribution in [0.1, 0.15) is 24.9 Å². The maximum Gasteiger partial charge on any atom is 0.238 e. The fourth-order valence-corrected chi connectivity index (χ4v) is 3.11. The first-order valence-electron chi connectivity index (χ1n) is 8.89. The lowest BCUT2D eigenvalue weighted by atomic mass is 10.1. The van der Waals surface area contributed by atoms with Crippen LogP contribution in [0.3, 0.4) is 0 Å². The van der Waals surface area contributed by atoms with Crippen molar-refractivity contribution >= 4 is 23.2 Å². The molecule has 1 aliphatic heterocycles. The predicted octanol–water partition coefficient (Wildman–Crippen LogP) is 4.41. The van der Waals surface area contributed by atoms with E-state index in [1.165, 1.54) is 0 Å². The van der Waals surface area contributed by atoms with Crippen molar-refractivity contribution in [3.05, 3.63) is 52.6 Å². The van der Waals surface area contributed by atoms with Crippen LogP contribution in [0.4, 0.5) is 14.5 Å². The van der Waals surface area contributed by atoms with Crippen LogP contribution in [-0.4, -0.2) is 37.6 Å². The van der Waals surface area contributed by atoms with E-state index in [0.29, 0.717) is 35.4 Å². The molecule has 1 N–H and O–H groups in total. The molecule has 3 rings (SSSR count). The molecule has 0 saturated heterocycles. The minimum absolute atomic E-state index is 0.0398. The van der Waals surface area contributed by atoms with Gasteiger partial charge in [-0.1, -0.05) is 11.6 Å². The van der Waals surface area contributed by atoms with Crippen molar-refractivity contribution in [2.45, 2.75) is 19.4 Å². The average Bonchev–Trinajstić information content (AvgIpc) is 2.88. The molecular weight excluding hydrogens is 390 g/mol. The summed E-state index contributed by atoms with van der Waals surface area (Å²) in [6.07, 6.45) is 0.757. The van der Waals surface area contributed by atoms with E-state index in [1.807, 2.05) is 0 Å². The van der Waals surface area contributed by atoms with Gasteiger partial charge in [0.1, 0.15) is 11.6 Å². The minimum Gasteiger partial charge on any atom is -0.490 e. The van der Waals surface area contributed by atoms with Gasteiger partial charge in [0.05, 0.1) is 30.5 Å². The maximum atomic E-state index is 14.0. The first-order chi connectivity index (χ1) is 13.3. The van der Waals surface area contributed by atoms with Gasteiger partial charge in [-0.05, 0) is 32.2 Å². The molecule has 28 heavy (non-hydrogen) atoms. The molecule has 0 bridgehead atoms. The van der Waals surface area contributed by atoms with E-state index < -0.39 is 17.7 Å². The Hall–Kier alpha value is -2.38. The standard InChI is InChI=1S/C20H21ClF2N2O3/c1-12(14-8-13(22)4-5-16(14)23)25(2)11-20(26)24-17-10-19-18(9-15(17)21)27-6-3-7-28-19/h4-5,8-10,12H,3,6-7,11H2,1-2H3,(H,24,26). The van der Waals surface area contributed by atoms with Crippen molar-refractivity contribution in [1.29, 1.82) is 0 Å². The average molecular weight is 411 g/mol. The first kappa shape index (κ1) is 20.4. The fraction of sp³-hybridized carbons (Fsp3) is 0.350. The summed E-state index contributed by atoms with van der Waals surface area (Å²) in [5.74, 6) is -0.344. The van der Waals surface area contributed by atoms with E-state index in [-0.39, 0.29) is 18.0 Å². The van der Waals surface area contributed by atoms with Crippen LogP contribution < -0.4 is 14.8 Å². The zero-order valence-electron chi connectivity index (χ0n) is 15.6. The molecule has 0 saturated carbocycles. The van der Waals surface area contributed by atoms with Crippen molar-refractivity contribution in [1.82, 2.24) is 4.90 Å². The quantitative estimate of drug-likeness (QED) is 0.793. The number of hydrogen-bond acceptors (Lipinski definition) is 4. The summed E-state index contributed by atoms with van der Waals surface area (Å²) in [6, 6.07) is 6.00. The maximum absolute atomic E-state index is 14.0. The second-order valence-electron chi connectivity index (χ2n) is 6.63. The number of nitrogens with one attached hydrogen (secondary N) is 1. The van der Waals surface area contributed by atoms with Crippen LogP contribution in [0, 0.1) is 11.6 Å². The topological polar surface area (TPSA) is 50.8 Å². The molecule has 1 atom stereocenters.